The third kappa shape index (κ3) is 5.22. The number of amides is 1. The van der Waals surface area contributed by atoms with E-state index in [1.807, 2.05) is 47.5 Å². The van der Waals surface area contributed by atoms with Gasteiger partial charge in [0.1, 0.15) is 48.8 Å². The van der Waals surface area contributed by atoms with Gasteiger partial charge in [0, 0.05) is 36.1 Å². The molecular formula is C37H30F4N4O2S2. The van der Waals surface area contributed by atoms with Crippen LogP contribution in [0.2, 0.25) is 0 Å². The number of thioether (sulfide) groups is 2. The number of fused-ring (bicyclic) bond motifs is 3. The summed E-state index contributed by atoms with van der Waals surface area (Å²) in [6.07, 6.45) is 3.54. The minimum absolute atomic E-state index is 0.0937. The minimum Gasteiger partial charge on any atom is -0.493 e. The molecule has 49 heavy (non-hydrogen) atoms. The zero-order chi connectivity index (χ0) is 33.9. The molecule has 9 rings (SSSR count). The molecule has 2 unspecified atom stereocenters. The summed E-state index contributed by atoms with van der Waals surface area (Å²) in [4.78, 5) is 11.2. The van der Waals surface area contributed by atoms with E-state index in [0.717, 1.165) is 79.4 Å². The number of hydrogen-bond acceptors (Lipinski definition) is 7. The Morgan fingerprint density at radius 3 is 2.20 bits per heavy atom. The van der Waals surface area contributed by atoms with Gasteiger partial charge in [-0.25, -0.2) is 22.6 Å². The molecule has 1 fully saturated rings. The van der Waals surface area contributed by atoms with Crippen LogP contribution in [0.15, 0.2) is 95.1 Å². The maximum absolute atomic E-state index is 14.2. The van der Waals surface area contributed by atoms with Gasteiger partial charge < -0.3 is 4.74 Å². The Hall–Kier alpha value is -4.29. The van der Waals surface area contributed by atoms with Crippen LogP contribution in [0.1, 0.15) is 54.0 Å². The molecule has 5 aliphatic rings. The molecule has 6 nitrogen and oxygen atoms in total. The van der Waals surface area contributed by atoms with Crippen molar-refractivity contribution in [2.24, 2.45) is 16.1 Å². The number of hydrazone groups is 2. The van der Waals surface area contributed by atoms with Crippen LogP contribution in [-0.2, 0) is 21.0 Å². The van der Waals surface area contributed by atoms with E-state index >= 15 is 0 Å². The van der Waals surface area contributed by atoms with Gasteiger partial charge in [-0.15, -0.1) is 0 Å². The summed E-state index contributed by atoms with van der Waals surface area (Å²) in [6, 6.07) is 22.7. The Balaban J connectivity index is 0.000000142. The third-order valence-corrected chi connectivity index (χ3v) is 12.6. The van der Waals surface area contributed by atoms with Crippen LogP contribution in [-0.4, -0.2) is 39.2 Å². The van der Waals surface area contributed by atoms with Crippen molar-refractivity contribution >= 4 is 39.5 Å². The van der Waals surface area contributed by atoms with Crippen molar-refractivity contribution in [3.8, 4) is 5.75 Å². The van der Waals surface area contributed by atoms with Crippen molar-refractivity contribution in [2.75, 3.05) is 13.2 Å². The molecular weight excluding hydrogens is 673 g/mol. The molecule has 3 atom stereocenters. The second kappa shape index (κ2) is 12.2. The van der Waals surface area contributed by atoms with Crippen LogP contribution in [0, 0.1) is 29.2 Å². The molecule has 4 aliphatic heterocycles. The highest BCUT2D eigenvalue weighted by Gasteiger charge is 2.58. The first kappa shape index (κ1) is 31.9. The van der Waals surface area contributed by atoms with Crippen molar-refractivity contribution < 1.29 is 27.1 Å². The Morgan fingerprint density at radius 1 is 0.837 bits per heavy atom. The van der Waals surface area contributed by atoms with Gasteiger partial charge in [0.05, 0.1) is 6.61 Å². The zero-order valence-electron chi connectivity index (χ0n) is 26.3. The number of hydrogen-bond donors (Lipinski definition) is 0. The molecule has 1 amide bonds. The van der Waals surface area contributed by atoms with Gasteiger partial charge in [0.2, 0.25) is 5.91 Å². The number of benzene rings is 4. The first-order chi connectivity index (χ1) is 23.7. The van der Waals surface area contributed by atoms with Crippen LogP contribution >= 0.6 is 23.5 Å². The monoisotopic (exact) mass is 702 g/mol. The second-order valence-corrected chi connectivity index (χ2v) is 15.0. The lowest BCUT2D eigenvalue weighted by Gasteiger charge is -2.40. The summed E-state index contributed by atoms with van der Waals surface area (Å²) in [5.74, 6) is -1.06. The minimum atomic E-state index is -0.686. The molecule has 2 spiro atoms. The predicted octanol–water partition coefficient (Wildman–Crippen LogP) is 8.35. The number of halogens is 4. The summed E-state index contributed by atoms with van der Waals surface area (Å²) in [5, 5.41) is 13.4. The van der Waals surface area contributed by atoms with Crippen molar-refractivity contribution in [3.05, 3.63) is 136 Å². The number of nitrogens with zero attached hydrogens (tertiary/aromatic N) is 4. The van der Waals surface area contributed by atoms with Crippen LogP contribution in [0.25, 0.3) is 0 Å². The van der Waals surface area contributed by atoms with Crippen LogP contribution in [0.5, 0.6) is 5.75 Å². The summed E-state index contributed by atoms with van der Waals surface area (Å²) in [7, 11) is 0. The molecule has 12 heteroatoms. The van der Waals surface area contributed by atoms with Gasteiger partial charge in [-0.3, -0.25) is 9.80 Å². The second-order valence-electron chi connectivity index (χ2n) is 12.5. The van der Waals surface area contributed by atoms with E-state index in [0.29, 0.717) is 16.7 Å². The van der Waals surface area contributed by atoms with Crippen LogP contribution < -0.4 is 4.74 Å². The van der Waals surface area contributed by atoms with E-state index in [2.05, 4.69) is 16.3 Å². The van der Waals surface area contributed by atoms with E-state index < -0.39 is 28.1 Å². The van der Waals surface area contributed by atoms with E-state index in [1.165, 1.54) is 47.1 Å². The summed E-state index contributed by atoms with van der Waals surface area (Å²) < 4.78 is 61.6. The van der Waals surface area contributed by atoms with E-state index in [1.54, 1.807) is 0 Å². The fourth-order valence-corrected chi connectivity index (χ4v) is 10.5. The highest BCUT2D eigenvalue weighted by molar-refractivity contribution is 8.15. The van der Waals surface area contributed by atoms with Crippen molar-refractivity contribution in [1.82, 2.24) is 10.0 Å². The summed E-state index contributed by atoms with van der Waals surface area (Å²) >= 11 is 2.86. The van der Waals surface area contributed by atoms with Gasteiger partial charge in [-0.1, -0.05) is 66.0 Å². The quantitative estimate of drug-likeness (QED) is 0.197. The molecule has 0 N–H and O–H groups in total. The van der Waals surface area contributed by atoms with Gasteiger partial charge in [-0.2, -0.15) is 10.2 Å². The summed E-state index contributed by atoms with van der Waals surface area (Å²) in [6.45, 7) is 2.86. The number of para-hydroxylation sites is 1. The van der Waals surface area contributed by atoms with Gasteiger partial charge in [0.25, 0.3) is 0 Å². The smallest absolute Gasteiger partial charge is 0.241 e. The molecule has 4 aromatic carbocycles. The lowest BCUT2D eigenvalue weighted by atomic mass is 9.86. The maximum Gasteiger partial charge on any atom is 0.241 e. The molecule has 250 valence electrons. The number of aryl methyl sites for hydroxylation is 1. The van der Waals surface area contributed by atoms with E-state index in [4.69, 9.17) is 4.74 Å². The van der Waals surface area contributed by atoms with Gasteiger partial charge in [-0.05, 0) is 79.3 Å². The molecule has 0 bridgehead atoms. The van der Waals surface area contributed by atoms with Gasteiger partial charge >= 0.3 is 0 Å². The lowest BCUT2D eigenvalue weighted by molar-refractivity contribution is -0.132. The SMILES string of the molecule is CC(=O)N1N=C(c2cc(F)ccc2F)S[C@@]12CCCc1ccccc12.Fc1ccc(F)c(C2=NN3CCC4COc5ccccc5C43S2)c1. The zero-order valence-corrected chi connectivity index (χ0v) is 28.0. The first-order valence-corrected chi connectivity index (χ1v) is 17.7. The van der Waals surface area contributed by atoms with Crippen LogP contribution in [0.3, 0.4) is 0 Å². The fourth-order valence-electron chi connectivity index (χ4n) is 7.44. The highest BCUT2D eigenvalue weighted by Crippen LogP contribution is 2.60. The Bertz CT molecular complexity index is 2060. The molecule has 0 saturated carbocycles. The standard InChI is InChI=1S/C19H16F2N2OS.C18H14F2N2OS/c1-12(24)23-19(10-4-6-13-5-2-3-7-16(13)19)25-18(22-23)15-11-14(20)8-9-17(15)21;19-12-5-6-15(20)13(9-12)17-21-22-8-7-11-10-23-16-4-2-1-3-14(16)18(11,22)24-17/h2-3,5,7-9,11H,4,6,10H2,1H3;1-6,9,11H,7-8,10H2/t19-;/m1./s1. The third-order valence-electron chi connectivity index (χ3n) is 9.62. The first-order valence-electron chi connectivity index (χ1n) is 16.0. The van der Waals surface area contributed by atoms with E-state index in [9.17, 15) is 22.4 Å². The number of ether oxygens (including phenoxy) is 1. The Morgan fingerprint density at radius 2 is 1.49 bits per heavy atom. The fraction of sp³-hybridized carbons (Fsp3) is 0.270. The average Bonchev–Trinajstić information content (AvgIpc) is 3.78. The lowest BCUT2D eigenvalue weighted by Crippen LogP contribution is -2.42. The predicted molar refractivity (Wildman–Crippen MR) is 183 cm³/mol. The Kier molecular flexibility index (Phi) is 7.98. The highest BCUT2D eigenvalue weighted by atomic mass is 32.2. The number of rotatable bonds is 2. The number of carbonyl (C=O) groups is 1. The largest absolute Gasteiger partial charge is 0.493 e. The molecule has 0 aromatic heterocycles. The molecule has 0 radical (unpaired) electrons. The average molecular weight is 703 g/mol. The normalized spacial score (nSPS) is 24.6. The molecule has 1 aliphatic carbocycles. The van der Waals surface area contributed by atoms with Crippen molar-refractivity contribution in [2.45, 2.75) is 42.3 Å². The molecule has 4 aromatic rings. The van der Waals surface area contributed by atoms with Crippen molar-refractivity contribution in [3.63, 3.8) is 0 Å². The molecule has 4 heterocycles. The maximum atomic E-state index is 14.2. The molecule has 1 saturated heterocycles. The topological polar surface area (TPSA) is 57.5 Å². The van der Waals surface area contributed by atoms with Gasteiger partial charge in [0.15, 0.2) is 0 Å². The summed E-state index contributed by atoms with van der Waals surface area (Å²) in [5.41, 5.74) is 3.59. The van der Waals surface area contributed by atoms with Crippen molar-refractivity contribution in [1.29, 1.82) is 0 Å². The van der Waals surface area contributed by atoms with E-state index in [-0.39, 0.29) is 27.8 Å². The van der Waals surface area contributed by atoms with Crippen LogP contribution in [0.4, 0.5) is 17.6 Å². The number of carbonyl (C=O) groups excluding carboxylic acids is 1. The Labute approximate surface area is 289 Å².